The van der Waals surface area contributed by atoms with Crippen molar-refractivity contribution >= 4 is 11.9 Å². The fourth-order valence-electron chi connectivity index (χ4n) is 2.64. The summed E-state index contributed by atoms with van der Waals surface area (Å²) in [6.07, 6.45) is 3.89. The van der Waals surface area contributed by atoms with Gasteiger partial charge >= 0.3 is 5.97 Å². The molecule has 1 aliphatic carbocycles. The van der Waals surface area contributed by atoms with E-state index >= 15 is 0 Å². The lowest BCUT2D eigenvalue weighted by atomic mass is 9.93. The van der Waals surface area contributed by atoms with Gasteiger partial charge in [-0.05, 0) is 31.6 Å². The van der Waals surface area contributed by atoms with E-state index in [0.717, 1.165) is 31.5 Å². The Morgan fingerprint density at radius 1 is 1.25 bits per heavy atom. The zero-order valence-corrected chi connectivity index (χ0v) is 11.2. The molecular formula is C13H18N4O3. The summed E-state index contributed by atoms with van der Waals surface area (Å²) in [5.41, 5.74) is 0. The topological polar surface area (TPSA) is 99.2 Å². The van der Waals surface area contributed by atoms with Crippen molar-refractivity contribution in [1.82, 2.24) is 20.1 Å². The second kappa shape index (κ2) is 5.22. The predicted octanol–water partition coefficient (Wildman–Crippen LogP) is 1.01. The summed E-state index contributed by atoms with van der Waals surface area (Å²) in [6, 6.07) is 0. The molecule has 1 aliphatic heterocycles. The first-order chi connectivity index (χ1) is 9.63. The van der Waals surface area contributed by atoms with Crippen LogP contribution < -0.4 is 0 Å². The molecule has 2 N–H and O–H groups in total. The third-order valence-corrected chi connectivity index (χ3v) is 4.02. The second-order valence-electron chi connectivity index (χ2n) is 5.65. The van der Waals surface area contributed by atoms with E-state index in [-0.39, 0.29) is 24.1 Å². The average Bonchev–Trinajstić information content (AvgIpc) is 3.16. The SMILES string of the molecule is O=C(O)CC1CCN(C(=O)c2n[nH]c(C3CC3)n2)CC1. The Morgan fingerprint density at radius 3 is 2.55 bits per heavy atom. The lowest BCUT2D eigenvalue weighted by molar-refractivity contribution is -0.138. The molecular weight excluding hydrogens is 260 g/mol. The van der Waals surface area contributed by atoms with Gasteiger partial charge in [-0.15, -0.1) is 5.10 Å². The van der Waals surface area contributed by atoms with Crippen molar-refractivity contribution < 1.29 is 14.7 Å². The molecule has 0 atom stereocenters. The van der Waals surface area contributed by atoms with Gasteiger partial charge in [0.2, 0.25) is 5.82 Å². The molecule has 1 saturated heterocycles. The highest BCUT2D eigenvalue weighted by Gasteiger charge is 2.30. The summed E-state index contributed by atoms with van der Waals surface area (Å²) >= 11 is 0. The van der Waals surface area contributed by atoms with Crippen LogP contribution in [0, 0.1) is 5.92 Å². The van der Waals surface area contributed by atoms with Gasteiger partial charge < -0.3 is 10.0 Å². The van der Waals surface area contributed by atoms with Gasteiger partial charge in [0, 0.05) is 25.4 Å². The van der Waals surface area contributed by atoms with Gasteiger partial charge in [-0.1, -0.05) is 0 Å². The first-order valence-electron chi connectivity index (χ1n) is 7.07. The summed E-state index contributed by atoms with van der Waals surface area (Å²) in [7, 11) is 0. The van der Waals surface area contributed by atoms with Crippen LogP contribution in [0.5, 0.6) is 0 Å². The molecule has 2 aliphatic rings. The number of likely N-dealkylation sites (tertiary alicyclic amines) is 1. The van der Waals surface area contributed by atoms with Crippen molar-refractivity contribution in [1.29, 1.82) is 0 Å². The van der Waals surface area contributed by atoms with Gasteiger partial charge in [0.15, 0.2) is 0 Å². The molecule has 20 heavy (non-hydrogen) atoms. The normalized spacial score (nSPS) is 20.1. The quantitative estimate of drug-likeness (QED) is 0.856. The van der Waals surface area contributed by atoms with Crippen molar-refractivity contribution in [2.75, 3.05) is 13.1 Å². The minimum Gasteiger partial charge on any atom is -0.481 e. The zero-order chi connectivity index (χ0) is 14.1. The molecule has 1 aromatic rings. The molecule has 2 heterocycles. The highest BCUT2D eigenvalue weighted by atomic mass is 16.4. The maximum Gasteiger partial charge on any atom is 0.303 e. The van der Waals surface area contributed by atoms with Gasteiger partial charge in [0.1, 0.15) is 5.82 Å². The van der Waals surface area contributed by atoms with Crippen LogP contribution in [0.25, 0.3) is 0 Å². The van der Waals surface area contributed by atoms with Gasteiger partial charge in [-0.2, -0.15) is 0 Å². The van der Waals surface area contributed by atoms with Crippen LogP contribution in [0.2, 0.25) is 0 Å². The van der Waals surface area contributed by atoms with Gasteiger partial charge in [-0.25, -0.2) is 4.98 Å². The molecule has 0 bridgehead atoms. The Morgan fingerprint density at radius 2 is 1.95 bits per heavy atom. The molecule has 1 aromatic heterocycles. The van der Waals surface area contributed by atoms with Crippen LogP contribution in [0.15, 0.2) is 0 Å². The smallest absolute Gasteiger partial charge is 0.303 e. The predicted molar refractivity (Wildman–Crippen MR) is 69.2 cm³/mol. The van der Waals surface area contributed by atoms with Crippen LogP contribution in [0.1, 0.15) is 54.5 Å². The van der Waals surface area contributed by atoms with Crippen LogP contribution in [0.3, 0.4) is 0 Å². The van der Waals surface area contributed by atoms with E-state index in [0.29, 0.717) is 19.0 Å². The third-order valence-electron chi connectivity index (χ3n) is 4.02. The molecule has 2 fully saturated rings. The summed E-state index contributed by atoms with van der Waals surface area (Å²) in [5, 5.41) is 15.6. The van der Waals surface area contributed by atoms with E-state index < -0.39 is 5.97 Å². The van der Waals surface area contributed by atoms with Gasteiger partial charge in [0.25, 0.3) is 5.91 Å². The Labute approximate surface area is 116 Å². The molecule has 7 heteroatoms. The summed E-state index contributed by atoms with van der Waals surface area (Å²) < 4.78 is 0. The van der Waals surface area contributed by atoms with E-state index in [4.69, 9.17) is 5.11 Å². The molecule has 1 saturated carbocycles. The molecule has 0 unspecified atom stereocenters. The van der Waals surface area contributed by atoms with Crippen LogP contribution in [-0.4, -0.2) is 50.2 Å². The minimum absolute atomic E-state index is 0.151. The number of carbonyl (C=O) groups is 2. The summed E-state index contributed by atoms with van der Waals surface area (Å²) in [4.78, 5) is 28.9. The zero-order valence-electron chi connectivity index (χ0n) is 11.2. The van der Waals surface area contributed by atoms with E-state index in [2.05, 4.69) is 15.2 Å². The number of carboxylic acids is 1. The van der Waals surface area contributed by atoms with Crippen molar-refractivity contribution in [3.63, 3.8) is 0 Å². The average molecular weight is 278 g/mol. The number of aliphatic carboxylic acids is 1. The number of nitrogens with one attached hydrogen (secondary N) is 1. The van der Waals surface area contributed by atoms with Crippen LogP contribution in [0.4, 0.5) is 0 Å². The van der Waals surface area contributed by atoms with Crippen molar-refractivity contribution in [3.8, 4) is 0 Å². The number of rotatable bonds is 4. The monoisotopic (exact) mass is 278 g/mol. The van der Waals surface area contributed by atoms with E-state index in [9.17, 15) is 9.59 Å². The van der Waals surface area contributed by atoms with E-state index in [1.165, 1.54) is 0 Å². The molecule has 0 radical (unpaired) electrons. The van der Waals surface area contributed by atoms with E-state index in [1.54, 1.807) is 4.90 Å². The first kappa shape index (κ1) is 13.1. The number of piperidine rings is 1. The number of aromatic nitrogens is 3. The lowest BCUT2D eigenvalue weighted by Crippen LogP contribution is -2.39. The molecule has 108 valence electrons. The van der Waals surface area contributed by atoms with Crippen molar-refractivity contribution in [2.24, 2.45) is 5.92 Å². The van der Waals surface area contributed by atoms with Crippen molar-refractivity contribution in [2.45, 2.75) is 38.0 Å². The van der Waals surface area contributed by atoms with E-state index in [1.807, 2.05) is 0 Å². The maximum atomic E-state index is 12.2. The fourth-order valence-corrected chi connectivity index (χ4v) is 2.64. The largest absolute Gasteiger partial charge is 0.481 e. The number of carboxylic acid groups (broad SMARTS) is 1. The number of aromatic amines is 1. The number of nitrogens with zero attached hydrogens (tertiary/aromatic N) is 3. The first-order valence-corrected chi connectivity index (χ1v) is 7.07. The van der Waals surface area contributed by atoms with Gasteiger partial charge in [0.05, 0.1) is 0 Å². The Kier molecular flexibility index (Phi) is 3.42. The number of H-pyrrole nitrogens is 1. The number of hydrogen-bond acceptors (Lipinski definition) is 4. The number of hydrogen-bond donors (Lipinski definition) is 2. The highest BCUT2D eigenvalue weighted by molar-refractivity contribution is 5.90. The Hall–Kier alpha value is -1.92. The Balaban J connectivity index is 1.56. The Bertz CT molecular complexity index is 515. The summed E-state index contributed by atoms with van der Waals surface area (Å²) in [6.45, 7) is 1.17. The molecule has 1 amide bonds. The molecule has 0 spiro atoms. The summed E-state index contributed by atoms with van der Waals surface area (Å²) in [5.74, 6) is 0.758. The number of carbonyl (C=O) groups excluding carboxylic acids is 1. The highest BCUT2D eigenvalue weighted by Crippen LogP contribution is 2.37. The fraction of sp³-hybridized carbons (Fsp3) is 0.692. The van der Waals surface area contributed by atoms with Crippen LogP contribution in [-0.2, 0) is 4.79 Å². The molecule has 3 rings (SSSR count). The molecule has 0 aromatic carbocycles. The third kappa shape index (κ3) is 2.81. The lowest BCUT2D eigenvalue weighted by Gasteiger charge is -2.30. The number of amides is 1. The van der Waals surface area contributed by atoms with Gasteiger partial charge in [-0.3, -0.25) is 14.7 Å². The maximum absolute atomic E-state index is 12.2. The second-order valence-corrected chi connectivity index (χ2v) is 5.65. The van der Waals surface area contributed by atoms with Crippen molar-refractivity contribution in [3.05, 3.63) is 11.6 Å². The molecule has 7 nitrogen and oxygen atoms in total. The van der Waals surface area contributed by atoms with Crippen LogP contribution >= 0.6 is 0 Å². The minimum atomic E-state index is -0.766. The standard InChI is InChI=1S/C13H18N4O3/c18-10(19)7-8-3-5-17(6-4-8)13(20)12-14-11(15-16-12)9-1-2-9/h8-9H,1-7H2,(H,18,19)(H,14,15,16).